The van der Waals surface area contributed by atoms with E-state index in [9.17, 15) is 15.2 Å². The SMILES string of the molecule is O=[N+]([O-])c1cccc(-c2ccc(N(Cc3ccccn3)c3ccccc3O)nn2)c1. The highest BCUT2D eigenvalue weighted by atomic mass is 16.6. The molecule has 0 atom stereocenters. The van der Waals surface area contributed by atoms with Crippen molar-refractivity contribution in [1.29, 1.82) is 0 Å². The van der Waals surface area contributed by atoms with Crippen molar-refractivity contribution in [3.05, 3.63) is 101 Å². The third-order valence-corrected chi connectivity index (χ3v) is 4.50. The fourth-order valence-corrected chi connectivity index (χ4v) is 3.04. The minimum Gasteiger partial charge on any atom is -0.506 e. The fraction of sp³-hybridized carbons (Fsp3) is 0.0455. The summed E-state index contributed by atoms with van der Waals surface area (Å²) in [4.78, 5) is 16.7. The number of aromatic hydroxyl groups is 1. The van der Waals surface area contributed by atoms with Gasteiger partial charge < -0.3 is 10.0 Å². The van der Waals surface area contributed by atoms with E-state index in [1.165, 1.54) is 12.1 Å². The van der Waals surface area contributed by atoms with Crippen molar-refractivity contribution in [3.8, 4) is 17.0 Å². The van der Waals surface area contributed by atoms with E-state index >= 15 is 0 Å². The van der Waals surface area contributed by atoms with Gasteiger partial charge in [-0.05, 0) is 36.4 Å². The molecule has 0 aliphatic rings. The van der Waals surface area contributed by atoms with E-state index in [2.05, 4.69) is 15.2 Å². The van der Waals surface area contributed by atoms with Gasteiger partial charge >= 0.3 is 0 Å². The number of pyridine rings is 1. The molecular formula is C22H17N5O3. The van der Waals surface area contributed by atoms with Crippen molar-refractivity contribution in [2.45, 2.75) is 6.54 Å². The molecule has 0 fully saturated rings. The monoisotopic (exact) mass is 399 g/mol. The van der Waals surface area contributed by atoms with Gasteiger partial charge in [-0.25, -0.2) is 0 Å². The van der Waals surface area contributed by atoms with Gasteiger partial charge in [-0.2, -0.15) is 0 Å². The van der Waals surface area contributed by atoms with Gasteiger partial charge in [-0.15, -0.1) is 10.2 Å². The fourth-order valence-electron chi connectivity index (χ4n) is 3.04. The number of hydrogen-bond acceptors (Lipinski definition) is 7. The van der Waals surface area contributed by atoms with Crippen LogP contribution in [0.3, 0.4) is 0 Å². The summed E-state index contributed by atoms with van der Waals surface area (Å²) in [6.07, 6.45) is 1.70. The lowest BCUT2D eigenvalue weighted by molar-refractivity contribution is -0.384. The minimum atomic E-state index is -0.446. The van der Waals surface area contributed by atoms with Crippen LogP contribution < -0.4 is 4.90 Å². The standard InChI is InChI=1S/C22H17N5O3/c28-21-10-2-1-9-20(21)26(15-17-7-3-4-13-23-17)22-12-11-19(24-25-22)16-6-5-8-18(14-16)27(29)30/h1-14,28H,15H2. The van der Waals surface area contributed by atoms with E-state index in [0.29, 0.717) is 29.3 Å². The van der Waals surface area contributed by atoms with Gasteiger partial charge in [0.05, 0.1) is 28.5 Å². The third kappa shape index (κ3) is 4.07. The maximum Gasteiger partial charge on any atom is 0.270 e. The number of rotatable bonds is 6. The predicted molar refractivity (Wildman–Crippen MR) is 112 cm³/mol. The van der Waals surface area contributed by atoms with Crippen molar-refractivity contribution < 1.29 is 10.0 Å². The van der Waals surface area contributed by atoms with Crippen LogP contribution in [0.2, 0.25) is 0 Å². The maximum atomic E-state index is 11.0. The summed E-state index contributed by atoms with van der Waals surface area (Å²) < 4.78 is 0. The van der Waals surface area contributed by atoms with Gasteiger partial charge in [0.15, 0.2) is 5.82 Å². The second-order valence-corrected chi connectivity index (χ2v) is 6.48. The Morgan fingerprint density at radius 3 is 2.47 bits per heavy atom. The first kappa shape index (κ1) is 19.0. The lowest BCUT2D eigenvalue weighted by Gasteiger charge is -2.24. The largest absolute Gasteiger partial charge is 0.506 e. The number of nitrogens with zero attached hydrogens (tertiary/aromatic N) is 5. The van der Waals surface area contributed by atoms with Crippen LogP contribution in [0.1, 0.15) is 5.69 Å². The Kier molecular flexibility index (Phi) is 5.29. The normalized spacial score (nSPS) is 10.5. The van der Waals surface area contributed by atoms with E-state index < -0.39 is 4.92 Å². The number of phenolic OH excluding ortho intramolecular Hbond substituents is 1. The van der Waals surface area contributed by atoms with Gasteiger partial charge in [-0.3, -0.25) is 15.1 Å². The van der Waals surface area contributed by atoms with Crippen LogP contribution in [-0.4, -0.2) is 25.2 Å². The maximum absolute atomic E-state index is 11.0. The molecule has 0 amide bonds. The molecule has 0 unspecified atom stereocenters. The Balaban J connectivity index is 1.70. The van der Waals surface area contributed by atoms with E-state index in [-0.39, 0.29) is 11.4 Å². The van der Waals surface area contributed by atoms with Crippen LogP contribution in [0.25, 0.3) is 11.3 Å². The van der Waals surface area contributed by atoms with Crippen molar-refractivity contribution >= 4 is 17.2 Å². The van der Waals surface area contributed by atoms with Crippen molar-refractivity contribution in [2.24, 2.45) is 0 Å². The summed E-state index contributed by atoms with van der Waals surface area (Å²) in [5, 5.41) is 29.9. The first-order chi connectivity index (χ1) is 14.6. The number of non-ortho nitro benzene ring substituents is 1. The number of para-hydroxylation sites is 2. The molecule has 2 aromatic heterocycles. The van der Waals surface area contributed by atoms with Gasteiger partial charge in [0, 0.05) is 23.9 Å². The molecule has 0 aliphatic carbocycles. The highest BCUT2D eigenvalue weighted by molar-refractivity contribution is 5.68. The summed E-state index contributed by atoms with van der Waals surface area (Å²) in [6.45, 7) is 0.378. The Morgan fingerprint density at radius 2 is 1.77 bits per heavy atom. The quantitative estimate of drug-likeness (QED) is 0.376. The van der Waals surface area contributed by atoms with E-state index in [0.717, 1.165) is 5.69 Å². The molecule has 0 aliphatic heterocycles. The van der Waals surface area contributed by atoms with Crippen LogP contribution in [0.5, 0.6) is 5.75 Å². The van der Waals surface area contributed by atoms with Crippen molar-refractivity contribution in [1.82, 2.24) is 15.2 Å². The zero-order chi connectivity index (χ0) is 20.9. The summed E-state index contributed by atoms with van der Waals surface area (Å²) in [5.41, 5.74) is 2.47. The predicted octanol–water partition coefficient (Wildman–Crippen LogP) is 4.49. The summed E-state index contributed by atoms with van der Waals surface area (Å²) in [7, 11) is 0. The van der Waals surface area contributed by atoms with E-state index in [4.69, 9.17) is 0 Å². The number of nitro groups is 1. The van der Waals surface area contributed by atoms with Gasteiger partial charge in [0.2, 0.25) is 0 Å². The van der Waals surface area contributed by atoms with Crippen LogP contribution >= 0.6 is 0 Å². The first-order valence-electron chi connectivity index (χ1n) is 9.16. The van der Waals surface area contributed by atoms with E-state index in [1.807, 2.05) is 29.2 Å². The molecule has 0 radical (unpaired) electrons. The zero-order valence-electron chi connectivity index (χ0n) is 15.8. The van der Waals surface area contributed by atoms with Crippen LogP contribution in [0.4, 0.5) is 17.2 Å². The smallest absolute Gasteiger partial charge is 0.270 e. The molecule has 0 saturated carbocycles. The number of aromatic nitrogens is 3. The number of nitro benzene ring substituents is 1. The highest BCUT2D eigenvalue weighted by Gasteiger charge is 2.17. The van der Waals surface area contributed by atoms with Crippen molar-refractivity contribution in [2.75, 3.05) is 4.90 Å². The van der Waals surface area contributed by atoms with Crippen LogP contribution in [0.15, 0.2) is 85.1 Å². The van der Waals surface area contributed by atoms with Gasteiger partial charge in [0.1, 0.15) is 5.75 Å². The number of phenols is 1. The molecule has 30 heavy (non-hydrogen) atoms. The Bertz CT molecular complexity index is 1170. The van der Waals surface area contributed by atoms with E-state index in [1.54, 1.807) is 48.7 Å². The molecule has 4 aromatic rings. The van der Waals surface area contributed by atoms with Crippen molar-refractivity contribution in [3.63, 3.8) is 0 Å². The first-order valence-corrected chi connectivity index (χ1v) is 9.16. The molecule has 2 heterocycles. The number of anilines is 2. The summed E-state index contributed by atoms with van der Waals surface area (Å²) in [5.74, 6) is 0.620. The second-order valence-electron chi connectivity index (χ2n) is 6.48. The molecule has 8 nitrogen and oxygen atoms in total. The molecule has 2 aromatic carbocycles. The molecule has 0 spiro atoms. The molecule has 1 N–H and O–H groups in total. The molecule has 4 rings (SSSR count). The second kappa shape index (κ2) is 8.36. The molecular weight excluding hydrogens is 382 g/mol. The van der Waals surface area contributed by atoms with Gasteiger partial charge in [0.25, 0.3) is 5.69 Å². The molecule has 8 heteroatoms. The molecule has 148 valence electrons. The Morgan fingerprint density at radius 1 is 0.933 bits per heavy atom. The van der Waals surface area contributed by atoms with Gasteiger partial charge in [-0.1, -0.05) is 30.3 Å². The Hall–Kier alpha value is -4.33. The van der Waals surface area contributed by atoms with Crippen LogP contribution in [0, 0.1) is 10.1 Å². The topological polar surface area (TPSA) is 105 Å². The molecule has 0 bridgehead atoms. The lowest BCUT2D eigenvalue weighted by atomic mass is 10.1. The summed E-state index contributed by atoms with van der Waals surface area (Å²) in [6, 6.07) is 22.3. The lowest BCUT2D eigenvalue weighted by Crippen LogP contribution is -2.19. The Labute approximate surface area is 172 Å². The molecule has 0 saturated heterocycles. The average molecular weight is 399 g/mol. The number of hydrogen-bond donors (Lipinski definition) is 1. The highest BCUT2D eigenvalue weighted by Crippen LogP contribution is 2.33. The minimum absolute atomic E-state index is 0.00985. The third-order valence-electron chi connectivity index (χ3n) is 4.50. The zero-order valence-corrected chi connectivity index (χ0v) is 15.8. The summed E-state index contributed by atoms with van der Waals surface area (Å²) >= 11 is 0. The number of benzene rings is 2. The van der Waals surface area contributed by atoms with Crippen LogP contribution in [-0.2, 0) is 6.54 Å². The average Bonchev–Trinajstić information content (AvgIpc) is 2.79.